The number of aliphatic hydroxyl groups is 1. The summed E-state index contributed by atoms with van der Waals surface area (Å²) in [5.41, 5.74) is -0.198. The molecule has 1 aliphatic heterocycles. The van der Waals surface area contributed by atoms with Crippen molar-refractivity contribution in [1.82, 2.24) is 10.2 Å². The normalized spacial score (nSPS) is 19.4. The summed E-state index contributed by atoms with van der Waals surface area (Å²) in [7, 11) is 0. The third-order valence-corrected chi connectivity index (χ3v) is 3.48. The lowest BCUT2D eigenvalue weighted by molar-refractivity contribution is -0.142. The molecule has 1 rings (SSSR count). The maximum Gasteiger partial charge on any atom is 0.228 e. The summed E-state index contributed by atoms with van der Waals surface area (Å²) in [5.74, 6) is 0.255. The minimum absolute atomic E-state index is 0.155. The highest BCUT2D eigenvalue weighted by Gasteiger charge is 2.36. The lowest BCUT2D eigenvalue weighted by atomic mass is 9.79. The Morgan fingerprint density at radius 3 is 2.56 bits per heavy atom. The van der Waals surface area contributed by atoms with Gasteiger partial charge in [-0.15, -0.1) is 0 Å². The molecule has 1 heterocycles. The molecule has 0 unspecified atom stereocenters. The van der Waals surface area contributed by atoms with Crippen LogP contribution in [0.15, 0.2) is 0 Å². The molecule has 0 saturated carbocycles. The number of nitrogens with zero attached hydrogens (tertiary/aromatic N) is 1. The van der Waals surface area contributed by atoms with Gasteiger partial charge in [0.15, 0.2) is 0 Å². The number of carbonyl (C=O) groups is 1. The van der Waals surface area contributed by atoms with E-state index in [4.69, 9.17) is 5.11 Å². The molecule has 4 heteroatoms. The minimum atomic E-state index is -0.198. The van der Waals surface area contributed by atoms with E-state index in [-0.39, 0.29) is 17.9 Å². The Morgan fingerprint density at radius 2 is 2.06 bits per heavy atom. The van der Waals surface area contributed by atoms with Gasteiger partial charge in [-0.05, 0) is 39.3 Å². The van der Waals surface area contributed by atoms with Crippen LogP contribution in [0.25, 0.3) is 0 Å². The SMILES string of the molecule is CCN(CCCO)C(=O)C1(C)CCNCC1. The van der Waals surface area contributed by atoms with Gasteiger partial charge in [0.05, 0.1) is 0 Å². The molecular weight excluding hydrogens is 204 g/mol. The van der Waals surface area contributed by atoms with Crippen LogP contribution < -0.4 is 5.32 Å². The second-order valence-electron chi connectivity index (χ2n) is 4.77. The van der Waals surface area contributed by atoms with E-state index in [9.17, 15) is 4.79 Å². The highest BCUT2D eigenvalue weighted by atomic mass is 16.3. The quantitative estimate of drug-likeness (QED) is 0.725. The van der Waals surface area contributed by atoms with Crippen molar-refractivity contribution in [2.45, 2.75) is 33.1 Å². The van der Waals surface area contributed by atoms with Gasteiger partial charge in [0.1, 0.15) is 0 Å². The topological polar surface area (TPSA) is 52.6 Å². The summed E-state index contributed by atoms with van der Waals surface area (Å²) in [4.78, 5) is 14.2. The van der Waals surface area contributed by atoms with E-state index in [1.54, 1.807) is 0 Å². The molecule has 0 bridgehead atoms. The lowest BCUT2D eigenvalue weighted by Crippen LogP contribution is -2.48. The van der Waals surface area contributed by atoms with Gasteiger partial charge in [-0.25, -0.2) is 0 Å². The van der Waals surface area contributed by atoms with Gasteiger partial charge in [-0.2, -0.15) is 0 Å². The molecule has 1 aliphatic rings. The van der Waals surface area contributed by atoms with Crippen LogP contribution in [0.3, 0.4) is 0 Å². The summed E-state index contributed by atoms with van der Waals surface area (Å²) in [6.07, 6.45) is 2.51. The van der Waals surface area contributed by atoms with E-state index in [1.165, 1.54) is 0 Å². The van der Waals surface area contributed by atoms with Crippen molar-refractivity contribution in [3.8, 4) is 0 Å². The average molecular weight is 228 g/mol. The summed E-state index contributed by atoms with van der Waals surface area (Å²) in [6, 6.07) is 0. The van der Waals surface area contributed by atoms with Crippen LogP contribution in [-0.2, 0) is 4.79 Å². The Balaban J connectivity index is 2.58. The Hall–Kier alpha value is -0.610. The number of nitrogens with one attached hydrogen (secondary N) is 1. The summed E-state index contributed by atoms with van der Waals surface area (Å²) in [5, 5.41) is 12.1. The summed E-state index contributed by atoms with van der Waals surface area (Å²) in [6.45, 7) is 7.50. The van der Waals surface area contributed by atoms with Crippen LogP contribution in [-0.4, -0.2) is 48.7 Å². The third-order valence-electron chi connectivity index (χ3n) is 3.48. The second-order valence-corrected chi connectivity index (χ2v) is 4.77. The lowest BCUT2D eigenvalue weighted by Gasteiger charge is -2.37. The number of hydrogen-bond acceptors (Lipinski definition) is 3. The highest BCUT2D eigenvalue weighted by molar-refractivity contribution is 5.82. The fourth-order valence-electron chi connectivity index (χ4n) is 2.24. The molecule has 16 heavy (non-hydrogen) atoms. The zero-order valence-electron chi connectivity index (χ0n) is 10.5. The van der Waals surface area contributed by atoms with E-state index < -0.39 is 0 Å². The van der Waals surface area contributed by atoms with Gasteiger partial charge in [-0.1, -0.05) is 6.92 Å². The third kappa shape index (κ3) is 3.19. The standard InChI is InChI=1S/C12H24N2O2/c1-3-14(9-4-10-15)11(16)12(2)5-7-13-8-6-12/h13,15H,3-10H2,1-2H3. The number of hydrogen-bond donors (Lipinski definition) is 2. The van der Waals surface area contributed by atoms with Crippen molar-refractivity contribution >= 4 is 5.91 Å². The first-order valence-corrected chi connectivity index (χ1v) is 6.25. The highest BCUT2D eigenvalue weighted by Crippen LogP contribution is 2.30. The number of rotatable bonds is 5. The Labute approximate surface area is 98.0 Å². The molecule has 1 fully saturated rings. The molecule has 4 nitrogen and oxygen atoms in total. The number of amides is 1. The molecule has 0 aliphatic carbocycles. The maximum atomic E-state index is 12.4. The van der Waals surface area contributed by atoms with Crippen LogP contribution in [0.1, 0.15) is 33.1 Å². The molecule has 0 atom stereocenters. The Morgan fingerprint density at radius 1 is 1.44 bits per heavy atom. The van der Waals surface area contributed by atoms with Crippen LogP contribution in [0.2, 0.25) is 0 Å². The van der Waals surface area contributed by atoms with E-state index >= 15 is 0 Å². The monoisotopic (exact) mass is 228 g/mol. The van der Waals surface area contributed by atoms with Gasteiger partial charge in [0.2, 0.25) is 5.91 Å². The van der Waals surface area contributed by atoms with Crippen LogP contribution in [0.4, 0.5) is 0 Å². The van der Waals surface area contributed by atoms with Crippen molar-refractivity contribution in [1.29, 1.82) is 0 Å². The largest absolute Gasteiger partial charge is 0.396 e. The van der Waals surface area contributed by atoms with Crippen molar-refractivity contribution in [3.05, 3.63) is 0 Å². The fourth-order valence-corrected chi connectivity index (χ4v) is 2.24. The molecule has 0 aromatic heterocycles. The Kier molecular flexibility index (Phi) is 5.22. The number of piperidine rings is 1. The van der Waals surface area contributed by atoms with Crippen molar-refractivity contribution < 1.29 is 9.90 Å². The van der Waals surface area contributed by atoms with Crippen LogP contribution >= 0.6 is 0 Å². The van der Waals surface area contributed by atoms with E-state index in [1.807, 2.05) is 11.8 Å². The molecule has 2 N–H and O–H groups in total. The zero-order chi connectivity index (χ0) is 12.0. The smallest absolute Gasteiger partial charge is 0.228 e. The molecule has 94 valence electrons. The number of aliphatic hydroxyl groups excluding tert-OH is 1. The predicted octanol–water partition coefficient (Wildman–Crippen LogP) is 0.607. The van der Waals surface area contributed by atoms with Gasteiger partial charge >= 0.3 is 0 Å². The Bertz CT molecular complexity index is 225. The van der Waals surface area contributed by atoms with Gasteiger partial charge in [0.25, 0.3) is 0 Å². The average Bonchev–Trinajstić information content (AvgIpc) is 2.31. The first-order valence-electron chi connectivity index (χ1n) is 6.25. The van der Waals surface area contributed by atoms with E-state index in [2.05, 4.69) is 12.2 Å². The summed E-state index contributed by atoms with van der Waals surface area (Å²) >= 11 is 0. The van der Waals surface area contributed by atoms with Crippen molar-refractivity contribution in [2.75, 3.05) is 32.8 Å². The maximum absolute atomic E-state index is 12.4. The molecule has 0 aromatic carbocycles. The molecular formula is C12H24N2O2. The van der Waals surface area contributed by atoms with E-state index in [0.717, 1.165) is 32.5 Å². The summed E-state index contributed by atoms with van der Waals surface area (Å²) < 4.78 is 0. The molecule has 0 aromatic rings. The van der Waals surface area contributed by atoms with Gasteiger partial charge in [0, 0.05) is 25.1 Å². The van der Waals surface area contributed by atoms with Gasteiger partial charge < -0.3 is 15.3 Å². The van der Waals surface area contributed by atoms with Crippen molar-refractivity contribution in [2.24, 2.45) is 5.41 Å². The zero-order valence-corrected chi connectivity index (χ0v) is 10.5. The molecule has 1 saturated heterocycles. The molecule has 1 amide bonds. The van der Waals surface area contributed by atoms with Crippen LogP contribution in [0.5, 0.6) is 0 Å². The van der Waals surface area contributed by atoms with Crippen LogP contribution in [0, 0.1) is 5.41 Å². The van der Waals surface area contributed by atoms with Crippen molar-refractivity contribution in [3.63, 3.8) is 0 Å². The predicted molar refractivity (Wildman–Crippen MR) is 64.2 cm³/mol. The second kappa shape index (κ2) is 6.21. The molecule has 0 radical (unpaired) electrons. The first-order chi connectivity index (χ1) is 7.64. The fraction of sp³-hybridized carbons (Fsp3) is 0.917. The van der Waals surface area contributed by atoms with Gasteiger partial charge in [-0.3, -0.25) is 4.79 Å². The van der Waals surface area contributed by atoms with E-state index in [0.29, 0.717) is 13.0 Å². The molecule has 0 spiro atoms. The minimum Gasteiger partial charge on any atom is -0.396 e. The first kappa shape index (κ1) is 13.5. The number of carbonyl (C=O) groups excluding carboxylic acids is 1.